The van der Waals surface area contributed by atoms with Crippen LogP contribution in [0.15, 0.2) is 83.9 Å². The van der Waals surface area contributed by atoms with E-state index in [1.807, 2.05) is 22.8 Å². The zero-order chi connectivity index (χ0) is 24.6. The van der Waals surface area contributed by atoms with Gasteiger partial charge in [-0.2, -0.15) is 4.98 Å². The predicted molar refractivity (Wildman–Crippen MR) is 142 cm³/mol. The summed E-state index contributed by atoms with van der Waals surface area (Å²) in [5.41, 5.74) is 8.99. The molecule has 3 N–H and O–H groups in total. The van der Waals surface area contributed by atoms with Crippen molar-refractivity contribution in [2.75, 3.05) is 12.3 Å². The van der Waals surface area contributed by atoms with Crippen LogP contribution < -0.4 is 16.5 Å². The van der Waals surface area contributed by atoms with Crippen molar-refractivity contribution in [1.29, 1.82) is 0 Å². The van der Waals surface area contributed by atoms with Gasteiger partial charge in [0.25, 0.3) is 5.56 Å². The number of benzene rings is 2. The molecule has 3 atom stereocenters. The van der Waals surface area contributed by atoms with Crippen LogP contribution in [0.1, 0.15) is 18.0 Å². The molecule has 35 heavy (non-hydrogen) atoms. The quantitative estimate of drug-likeness (QED) is 0.304. The molecule has 2 aromatic heterocycles. The second kappa shape index (κ2) is 9.28. The molecule has 8 heteroatoms. The molecule has 0 amide bonds. The molecule has 2 heterocycles. The van der Waals surface area contributed by atoms with E-state index in [4.69, 9.17) is 10.5 Å². The molecule has 1 aliphatic carbocycles. The van der Waals surface area contributed by atoms with Crippen LogP contribution in [0.5, 0.6) is 0 Å². The normalized spacial score (nSPS) is 20.5. The number of nitrogens with zero attached hydrogens (tertiary/aromatic N) is 3. The lowest BCUT2D eigenvalue weighted by atomic mass is 10.0. The molecule has 1 unspecified atom stereocenters. The van der Waals surface area contributed by atoms with Gasteiger partial charge in [-0.15, -0.1) is 0 Å². The van der Waals surface area contributed by atoms with Crippen molar-refractivity contribution >= 4 is 30.4 Å². The van der Waals surface area contributed by atoms with Crippen molar-refractivity contribution in [3.8, 4) is 0 Å². The first-order valence-electron chi connectivity index (χ1n) is 11.9. The van der Waals surface area contributed by atoms with E-state index in [2.05, 4.69) is 77.1 Å². The third kappa shape index (κ3) is 4.35. The third-order valence-corrected chi connectivity index (χ3v) is 11.8. The van der Waals surface area contributed by atoms with Crippen molar-refractivity contribution in [3.05, 3.63) is 95.1 Å². The van der Waals surface area contributed by atoms with Gasteiger partial charge in [-0.1, -0.05) is 85.5 Å². The first kappa shape index (κ1) is 23.3. The summed E-state index contributed by atoms with van der Waals surface area (Å²) in [5.74, 6) is 0.272. The van der Waals surface area contributed by atoms with Crippen LogP contribution >= 0.6 is 0 Å². The number of aromatic nitrogens is 4. The van der Waals surface area contributed by atoms with E-state index < -0.39 is 8.07 Å². The number of rotatable bonds is 7. The Morgan fingerprint density at radius 1 is 1.14 bits per heavy atom. The van der Waals surface area contributed by atoms with Crippen molar-refractivity contribution in [2.24, 2.45) is 5.92 Å². The van der Waals surface area contributed by atoms with Crippen LogP contribution in [0.4, 0.5) is 5.95 Å². The van der Waals surface area contributed by atoms with Crippen molar-refractivity contribution in [2.45, 2.75) is 37.7 Å². The van der Waals surface area contributed by atoms with Gasteiger partial charge in [-0.3, -0.25) is 9.78 Å². The van der Waals surface area contributed by atoms with Crippen LogP contribution in [0.25, 0.3) is 11.2 Å². The SMILES string of the molecule is C=C1[C@H](COCc2ccccc2)C([Si](C)(C)c2ccccc2)C[C@@H]1n1cnc2c(=O)[nH]c(N)nc21. The van der Waals surface area contributed by atoms with Crippen molar-refractivity contribution in [3.63, 3.8) is 0 Å². The van der Waals surface area contributed by atoms with Gasteiger partial charge in [0.2, 0.25) is 5.95 Å². The number of hydrogen-bond acceptors (Lipinski definition) is 5. The first-order chi connectivity index (χ1) is 16.9. The average Bonchev–Trinajstić information content (AvgIpc) is 3.42. The fourth-order valence-electron chi connectivity index (χ4n) is 5.51. The van der Waals surface area contributed by atoms with Gasteiger partial charge >= 0.3 is 0 Å². The van der Waals surface area contributed by atoms with Gasteiger partial charge in [0, 0.05) is 5.92 Å². The molecule has 5 rings (SSSR count). The fourth-order valence-corrected chi connectivity index (χ4v) is 9.11. The maximum absolute atomic E-state index is 12.4. The smallest absolute Gasteiger partial charge is 0.280 e. The van der Waals surface area contributed by atoms with Gasteiger partial charge in [-0.05, 0) is 23.1 Å². The number of anilines is 1. The second-order valence-corrected chi connectivity index (χ2v) is 14.7. The lowest BCUT2D eigenvalue weighted by molar-refractivity contribution is 0.0976. The summed E-state index contributed by atoms with van der Waals surface area (Å²) in [6.45, 7) is 10.6. The van der Waals surface area contributed by atoms with Gasteiger partial charge in [0.05, 0.1) is 33.7 Å². The van der Waals surface area contributed by atoms with Crippen LogP contribution in [-0.4, -0.2) is 34.2 Å². The zero-order valence-electron chi connectivity index (χ0n) is 20.1. The Morgan fingerprint density at radius 3 is 2.54 bits per heavy atom. The summed E-state index contributed by atoms with van der Waals surface area (Å²) < 4.78 is 8.25. The second-order valence-electron chi connectivity index (χ2n) is 9.90. The number of nitrogens with two attached hydrogens (primary N) is 1. The van der Waals surface area contributed by atoms with E-state index >= 15 is 0 Å². The van der Waals surface area contributed by atoms with E-state index in [-0.39, 0.29) is 23.5 Å². The van der Waals surface area contributed by atoms with Crippen LogP contribution in [0.2, 0.25) is 18.6 Å². The summed E-state index contributed by atoms with van der Waals surface area (Å²) in [4.78, 5) is 23.7. The molecule has 1 fully saturated rings. The summed E-state index contributed by atoms with van der Waals surface area (Å²) in [6.07, 6.45) is 2.59. The highest BCUT2D eigenvalue weighted by Crippen LogP contribution is 2.51. The minimum atomic E-state index is -1.91. The molecule has 0 aliphatic heterocycles. The van der Waals surface area contributed by atoms with Crippen molar-refractivity contribution < 1.29 is 4.74 Å². The van der Waals surface area contributed by atoms with Crippen LogP contribution in [0, 0.1) is 5.92 Å². The molecule has 2 aromatic carbocycles. The fraction of sp³-hybridized carbons (Fsp3) is 0.296. The van der Waals surface area contributed by atoms with E-state index in [0.29, 0.717) is 29.9 Å². The van der Waals surface area contributed by atoms with Crippen LogP contribution in [0.3, 0.4) is 0 Å². The number of nitrogens with one attached hydrogen (secondary N) is 1. The number of imidazole rings is 1. The highest BCUT2D eigenvalue weighted by molar-refractivity contribution is 6.91. The number of aromatic amines is 1. The minimum Gasteiger partial charge on any atom is -0.376 e. The highest BCUT2D eigenvalue weighted by atomic mass is 28.3. The molecular weight excluding hydrogens is 454 g/mol. The zero-order valence-corrected chi connectivity index (χ0v) is 21.1. The van der Waals surface area contributed by atoms with Crippen LogP contribution in [-0.2, 0) is 11.3 Å². The maximum Gasteiger partial charge on any atom is 0.280 e. The number of nitrogen functional groups attached to an aromatic ring is 1. The third-order valence-electron chi connectivity index (χ3n) is 7.51. The minimum absolute atomic E-state index is 0.0282. The molecular formula is C27H31N5O2Si. The number of H-pyrrole nitrogens is 1. The number of hydrogen-bond donors (Lipinski definition) is 2. The van der Waals surface area contributed by atoms with Gasteiger partial charge < -0.3 is 15.0 Å². The predicted octanol–water partition coefficient (Wildman–Crippen LogP) is 4.02. The summed E-state index contributed by atoms with van der Waals surface area (Å²) >= 11 is 0. The van der Waals surface area contributed by atoms with Gasteiger partial charge in [-0.25, -0.2) is 4.98 Å². The molecule has 0 spiro atoms. The average molecular weight is 486 g/mol. The first-order valence-corrected chi connectivity index (χ1v) is 15.0. The molecule has 0 saturated heterocycles. The van der Waals surface area contributed by atoms with E-state index in [1.165, 1.54) is 5.19 Å². The monoisotopic (exact) mass is 485 g/mol. The highest BCUT2D eigenvalue weighted by Gasteiger charge is 2.48. The lowest BCUT2D eigenvalue weighted by Gasteiger charge is -2.34. The van der Waals surface area contributed by atoms with Gasteiger partial charge in [0.15, 0.2) is 11.2 Å². The molecule has 1 saturated carbocycles. The van der Waals surface area contributed by atoms with E-state index in [0.717, 1.165) is 17.6 Å². The molecule has 0 bridgehead atoms. The molecule has 4 aromatic rings. The molecule has 1 aliphatic rings. The van der Waals surface area contributed by atoms with Gasteiger partial charge in [0.1, 0.15) is 0 Å². The summed E-state index contributed by atoms with van der Waals surface area (Å²) in [5, 5.41) is 1.42. The maximum atomic E-state index is 12.4. The summed E-state index contributed by atoms with van der Waals surface area (Å²) in [7, 11) is -1.91. The Bertz CT molecular complexity index is 1400. The summed E-state index contributed by atoms with van der Waals surface area (Å²) in [6, 6.07) is 21.0. The number of ether oxygens (including phenoxy) is 1. The molecule has 0 radical (unpaired) electrons. The Kier molecular flexibility index (Phi) is 6.17. The van der Waals surface area contributed by atoms with E-state index in [9.17, 15) is 4.79 Å². The van der Waals surface area contributed by atoms with E-state index in [1.54, 1.807) is 6.33 Å². The number of fused-ring (bicyclic) bond motifs is 1. The Hall–Kier alpha value is -3.49. The topological polar surface area (TPSA) is 98.8 Å². The Balaban J connectivity index is 1.49. The molecule has 180 valence electrons. The lowest BCUT2D eigenvalue weighted by Crippen LogP contribution is -2.47. The Morgan fingerprint density at radius 2 is 1.83 bits per heavy atom. The van der Waals surface area contributed by atoms with Crippen molar-refractivity contribution in [1.82, 2.24) is 19.5 Å². The molecule has 7 nitrogen and oxygen atoms in total. The largest absolute Gasteiger partial charge is 0.376 e. The standard InChI is InChI=1S/C27H31N5O2Si/c1-18-21(16-34-15-19-10-6-4-7-11-19)23(35(2,3)20-12-8-5-9-13-20)14-22(18)32-17-29-24-25(32)30-27(28)31-26(24)33/h4-13,17,21-23H,1,14-16H2,2-3H3,(H3,28,30,31,33)/t21-,22-,23?/m0/s1. The Labute approximate surface area is 205 Å².